The number of ether oxygens (including phenoxy) is 1. The Labute approximate surface area is 163 Å². The van der Waals surface area contributed by atoms with Gasteiger partial charge in [-0.1, -0.05) is 25.1 Å². The van der Waals surface area contributed by atoms with Gasteiger partial charge in [-0.2, -0.15) is 8.42 Å². The predicted octanol–water partition coefficient (Wildman–Crippen LogP) is 4.74. The van der Waals surface area contributed by atoms with E-state index in [2.05, 4.69) is 0 Å². The molecule has 7 nitrogen and oxygen atoms in total. The minimum Gasteiger partial charge on any atom is -0.497 e. The van der Waals surface area contributed by atoms with Crippen molar-refractivity contribution in [2.75, 3.05) is 20.0 Å². The van der Waals surface area contributed by atoms with Crippen LogP contribution in [0.3, 0.4) is 0 Å². The first-order chi connectivity index (χ1) is 12.8. The molecule has 0 saturated heterocycles. The monoisotopic (exact) mass is 432 g/mol. The van der Waals surface area contributed by atoms with Gasteiger partial charge in [-0.05, 0) is 42.1 Å². The lowest BCUT2D eigenvalue weighted by atomic mass is 10.3. The first-order valence-corrected chi connectivity index (χ1v) is 12.5. The minimum atomic E-state index is -4.11. The molecule has 148 valence electrons. The second-order valence-electron chi connectivity index (χ2n) is 5.22. The molecule has 0 heterocycles. The van der Waals surface area contributed by atoms with Gasteiger partial charge >= 0.3 is 16.9 Å². The van der Waals surface area contributed by atoms with Crippen LogP contribution >= 0.6 is 18.2 Å². The maximum atomic E-state index is 12.7. The molecule has 0 bridgehead atoms. The van der Waals surface area contributed by atoms with E-state index in [1.54, 1.807) is 24.3 Å². The maximum Gasteiger partial charge on any atom is 0.440 e. The molecular formula is C17H21O7PS2. The summed E-state index contributed by atoms with van der Waals surface area (Å²) in [6.07, 6.45) is 0.774. The van der Waals surface area contributed by atoms with E-state index < -0.39 is 16.9 Å². The van der Waals surface area contributed by atoms with Gasteiger partial charge in [-0.25, -0.2) is 4.57 Å². The highest BCUT2D eigenvalue weighted by molar-refractivity contribution is 8.55. The molecule has 0 spiro atoms. The Morgan fingerprint density at radius 3 is 2.33 bits per heavy atom. The first kappa shape index (κ1) is 21.6. The van der Waals surface area contributed by atoms with Crippen molar-refractivity contribution < 1.29 is 31.0 Å². The summed E-state index contributed by atoms with van der Waals surface area (Å²) in [5.41, 5.74) is 0. The fraction of sp³-hybridized carbons (Fsp3) is 0.294. The molecule has 0 aliphatic carbocycles. The van der Waals surface area contributed by atoms with Crippen molar-refractivity contribution in [1.29, 1.82) is 0 Å². The highest BCUT2D eigenvalue weighted by atomic mass is 32.7. The van der Waals surface area contributed by atoms with Gasteiger partial charge in [0.2, 0.25) is 0 Å². The molecule has 2 aromatic carbocycles. The van der Waals surface area contributed by atoms with Gasteiger partial charge in [0, 0.05) is 18.9 Å². The SMILES string of the molecule is CCCSP(=O)(OC)Oc1ccc(OC)cc1OS(=O)(=O)c1ccccc1. The Morgan fingerprint density at radius 2 is 1.74 bits per heavy atom. The normalized spacial score (nSPS) is 13.6. The van der Waals surface area contributed by atoms with E-state index >= 15 is 0 Å². The van der Waals surface area contributed by atoms with Crippen LogP contribution in [0.25, 0.3) is 0 Å². The quantitative estimate of drug-likeness (QED) is 0.393. The van der Waals surface area contributed by atoms with Gasteiger partial charge in [-0.3, -0.25) is 4.52 Å². The average molecular weight is 432 g/mol. The molecule has 0 amide bonds. The third-order valence-electron chi connectivity index (χ3n) is 3.27. The molecule has 27 heavy (non-hydrogen) atoms. The predicted molar refractivity (Wildman–Crippen MR) is 105 cm³/mol. The maximum absolute atomic E-state index is 12.7. The van der Waals surface area contributed by atoms with E-state index in [4.69, 9.17) is 18.0 Å². The molecule has 0 radical (unpaired) electrons. The van der Waals surface area contributed by atoms with Gasteiger partial charge in [0.25, 0.3) is 0 Å². The summed E-state index contributed by atoms with van der Waals surface area (Å²) in [5, 5.41) is 0. The number of rotatable bonds is 10. The van der Waals surface area contributed by atoms with Crippen LogP contribution in [0.4, 0.5) is 0 Å². The molecule has 10 heteroatoms. The van der Waals surface area contributed by atoms with Crippen molar-refractivity contribution in [2.24, 2.45) is 0 Å². The second kappa shape index (κ2) is 9.50. The molecule has 0 aliphatic heterocycles. The summed E-state index contributed by atoms with van der Waals surface area (Å²) in [6, 6.07) is 12.0. The van der Waals surface area contributed by atoms with Crippen LogP contribution in [0, 0.1) is 0 Å². The summed E-state index contributed by atoms with van der Waals surface area (Å²) in [6.45, 7) is -1.59. The Hall–Kier alpha value is -1.67. The van der Waals surface area contributed by atoms with Crippen molar-refractivity contribution >= 4 is 28.3 Å². The smallest absolute Gasteiger partial charge is 0.440 e. The Balaban J connectivity index is 2.38. The molecule has 0 saturated carbocycles. The van der Waals surface area contributed by atoms with E-state index in [9.17, 15) is 13.0 Å². The zero-order valence-electron chi connectivity index (χ0n) is 15.2. The van der Waals surface area contributed by atoms with Crippen LogP contribution in [-0.4, -0.2) is 28.4 Å². The molecule has 0 fully saturated rings. The van der Waals surface area contributed by atoms with Crippen LogP contribution in [0.5, 0.6) is 17.2 Å². The fourth-order valence-corrected chi connectivity index (χ4v) is 5.87. The van der Waals surface area contributed by atoms with E-state index in [-0.39, 0.29) is 16.4 Å². The molecule has 0 N–H and O–H groups in total. The third kappa shape index (κ3) is 5.90. The largest absolute Gasteiger partial charge is 0.497 e. The van der Waals surface area contributed by atoms with Crippen molar-refractivity contribution in [1.82, 2.24) is 0 Å². The first-order valence-electron chi connectivity index (χ1n) is 8.01. The van der Waals surface area contributed by atoms with Gasteiger partial charge < -0.3 is 13.4 Å². The zero-order valence-corrected chi connectivity index (χ0v) is 17.7. The highest BCUT2D eigenvalue weighted by Crippen LogP contribution is 2.60. The summed E-state index contributed by atoms with van der Waals surface area (Å²) in [5.74, 6) is 0.741. The van der Waals surface area contributed by atoms with Crippen molar-refractivity contribution in [3.05, 3.63) is 48.5 Å². The van der Waals surface area contributed by atoms with Gasteiger partial charge in [0.15, 0.2) is 11.5 Å². The van der Waals surface area contributed by atoms with Crippen LogP contribution in [0.1, 0.15) is 13.3 Å². The fourth-order valence-electron chi connectivity index (χ4n) is 1.95. The Bertz CT molecular complexity index is 901. The lowest BCUT2D eigenvalue weighted by molar-refractivity contribution is 0.337. The molecule has 1 atom stereocenters. The standard InChI is InChI=1S/C17H21O7PS2/c1-4-12-26-25(18,22-3)23-16-11-10-14(21-2)13-17(16)24-27(19,20)15-8-6-5-7-9-15/h5-11,13H,4,12H2,1-3H3. The summed E-state index contributed by atoms with van der Waals surface area (Å²) >= 11 is 1.03. The molecule has 0 aromatic heterocycles. The number of hydrogen-bond donors (Lipinski definition) is 0. The third-order valence-corrected chi connectivity index (χ3v) is 8.46. The van der Waals surface area contributed by atoms with Crippen molar-refractivity contribution in [3.63, 3.8) is 0 Å². The van der Waals surface area contributed by atoms with Crippen molar-refractivity contribution in [3.8, 4) is 17.2 Å². The van der Waals surface area contributed by atoms with Gasteiger partial charge in [0.05, 0.1) is 7.11 Å². The van der Waals surface area contributed by atoms with Crippen LogP contribution in [-0.2, 0) is 19.2 Å². The minimum absolute atomic E-state index is 0.0194. The molecule has 2 aromatic rings. The van der Waals surface area contributed by atoms with E-state index in [0.29, 0.717) is 11.5 Å². The van der Waals surface area contributed by atoms with Crippen LogP contribution in [0.15, 0.2) is 53.4 Å². The Kier molecular flexibility index (Phi) is 7.61. The Morgan fingerprint density at radius 1 is 1.04 bits per heavy atom. The molecule has 1 unspecified atom stereocenters. The van der Waals surface area contributed by atoms with E-state index in [1.807, 2.05) is 6.92 Å². The highest BCUT2D eigenvalue weighted by Gasteiger charge is 2.28. The lowest BCUT2D eigenvalue weighted by Gasteiger charge is -2.18. The van der Waals surface area contributed by atoms with E-state index in [0.717, 1.165) is 17.8 Å². The van der Waals surface area contributed by atoms with Gasteiger partial charge in [-0.15, -0.1) is 0 Å². The van der Waals surface area contributed by atoms with Gasteiger partial charge in [0.1, 0.15) is 10.6 Å². The zero-order chi connectivity index (χ0) is 19.9. The summed E-state index contributed by atoms with van der Waals surface area (Å²) < 4.78 is 58.7. The number of methoxy groups -OCH3 is 1. The lowest BCUT2D eigenvalue weighted by Crippen LogP contribution is -2.10. The van der Waals surface area contributed by atoms with Crippen LogP contribution in [0.2, 0.25) is 0 Å². The van der Waals surface area contributed by atoms with Crippen LogP contribution < -0.4 is 13.4 Å². The molecule has 2 rings (SSSR count). The molecule has 0 aliphatic rings. The number of benzene rings is 2. The van der Waals surface area contributed by atoms with Crippen molar-refractivity contribution in [2.45, 2.75) is 18.2 Å². The topological polar surface area (TPSA) is 88.1 Å². The summed E-state index contributed by atoms with van der Waals surface area (Å²) in [4.78, 5) is -0.0194. The second-order valence-corrected chi connectivity index (χ2v) is 11.0. The number of hydrogen-bond acceptors (Lipinski definition) is 8. The summed E-state index contributed by atoms with van der Waals surface area (Å²) in [7, 11) is -1.41. The van der Waals surface area contributed by atoms with E-state index in [1.165, 1.54) is 38.5 Å². The molecular weight excluding hydrogens is 411 g/mol. The average Bonchev–Trinajstić information content (AvgIpc) is 2.68.